The van der Waals surface area contributed by atoms with Crippen LogP contribution in [0.25, 0.3) is 0 Å². The van der Waals surface area contributed by atoms with Gasteiger partial charge >= 0.3 is 18.9 Å². The molecule has 5 aliphatic rings. The van der Waals surface area contributed by atoms with Gasteiger partial charge in [-0.1, -0.05) is 379 Å². The molecule has 0 bridgehead atoms. The number of nitrogens with two attached hydrogens (primary N) is 1. The Morgan fingerprint density at radius 2 is 0.536 bits per heavy atom. The first kappa shape index (κ1) is 108. The first-order valence-electron chi connectivity index (χ1n) is 42.3. The van der Waals surface area contributed by atoms with Crippen molar-refractivity contribution in [2.24, 2.45) is 11.1 Å². The molecule has 0 radical (unpaired) electrons. The number of hydrogen-bond acceptors (Lipinski definition) is 8. The number of allylic oxidation sites excluding steroid dienone is 2. The van der Waals surface area contributed by atoms with Crippen molar-refractivity contribution in [1.29, 1.82) is 0 Å². The fourth-order valence-corrected chi connectivity index (χ4v) is 13.8. The number of nitrogens with zero attached hydrogens (tertiary/aromatic N) is 1. The maximum atomic E-state index is 11.8. The van der Waals surface area contributed by atoms with Gasteiger partial charge in [0.25, 0.3) is 0 Å². The molecule has 14 rings (SSSR count). The number of benzene rings is 9. The van der Waals surface area contributed by atoms with Crippen LogP contribution >= 0.6 is 0 Å². The number of ketones is 4. The Bertz CT molecular complexity index is 3530. The van der Waals surface area contributed by atoms with Crippen LogP contribution in [0.1, 0.15) is 319 Å². The summed E-state index contributed by atoms with van der Waals surface area (Å²) in [5, 5.41) is 19.1. The molecular weight excluding hydrogens is 1370 g/mol. The molecule has 7 unspecified atom stereocenters. The first-order valence-corrected chi connectivity index (χ1v) is 42.3. The minimum atomic E-state index is 0. The predicted octanol–water partition coefficient (Wildman–Crippen LogP) is 26.2. The molecular formula is C103H145LiN2O6. The molecule has 9 heteroatoms. The second-order valence-corrected chi connectivity index (χ2v) is 24.6. The summed E-state index contributed by atoms with van der Waals surface area (Å²) in [5.41, 5.74) is 11.8. The monoisotopic (exact) mass is 1510 g/mol. The standard InChI is InChI=1S/C19H20O.C18H19NO.C18H18O.C12H14O.C12H12O.C6H5.9C2H6.Li.H3NO/c20-17-11-13-18(15-7-3-1-4-8-15)19(14-12-17)16-9-5-2-6-10-16;20-19-16-11-12-17(14-7-3-1-4-8-14)18(13-16)15-9-5-2-6-10-15;19-16-11-12-17(14-7-3-1-4-8-14)18(13-16)15-9-5-2-6-10-15;2*13-12-8-6-11(7-9-12)10-4-2-1-3-5-10;1-2-4-6-5-3-1;9*1-2;;1-2/h1-10,18-19H,11-14H2;1-10,17-18,20H,11-13H2;1-10,17-18H,11-13H2;1-5,11H,6-9H2;1-6,8,11H,7,9H2;1-5H;9*1-2H3;;2H,1H2/q;;;;;-1;;;;;;;;;;+1;. The van der Waals surface area contributed by atoms with E-state index >= 15 is 0 Å². The third-order valence-corrected chi connectivity index (χ3v) is 18.7. The molecule has 112 heavy (non-hydrogen) atoms. The van der Waals surface area contributed by atoms with Gasteiger partial charge in [0, 0.05) is 50.9 Å². The van der Waals surface area contributed by atoms with E-state index in [2.05, 4.69) is 223 Å². The zero-order chi connectivity index (χ0) is 83.1. The van der Waals surface area contributed by atoms with Crippen molar-refractivity contribution in [3.8, 4) is 0 Å². The maximum absolute atomic E-state index is 11.8. The van der Waals surface area contributed by atoms with Crippen LogP contribution in [0.15, 0.2) is 290 Å². The van der Waals surface area contributed by atoms with E-state index < -0.39 is 0 Å². The summed E-state index contributed by atoms with van der Waals surface area (Å²) in [6.07, 6.45) is 17.6. The average Bonchev–Trinajstić information content (AvgIpc) is 1.34. The summed E-state index contributed by atoms with van der Waals surface area (Å²) in [6, 6.07) is 97.0. The van der Waals surface area contributed by atoms with Gasteiger partial charge in [0.15, 0.2) is 5.78 Å². The van der Waals surface area contributed by atoms with Gasteiger partial charge in [0.05, 0.1) is 5.71 Å². The fraction of sp³-hybridized carbons (Fsp3) is 0.408. The largest absolute Gasteiger partial charge is 1.00 e. The molecule has 0 saturated heterocycles. The smallest absolute Gasteiger partial charge is 0.411 e. The number of rotatable bonds is 8. The van der Waals surface area contributed by atoms with Crippen molar-refractivity contribution in [3.05, 3.63) is 336 Å². The van der Waals surface area contributed by atoms with Gasteiger partial charge in [0.2, 0.25) is 0 Å². The van der Waals surface area contributed by atoms with E-state index in [0.717, 1.165) is 95.6 Å². The normalized spacial score (nSPS) is 18.2. The average molecular weight is 1510 g/mol. The quantitative estimate of drug-likeness (QED) is 0.0451. The van der Waals surface area contributed by atoms with Crippen molar-refractivity contribution in [3.63, 3.8) is 0 Å². The molecule has 7 atom stereocenters. The van der Waals surface area contributed by atoms with Gasteiger partial charge in [-0.25, -0.2) is 5.90 Å². The second-order valence-electron chi connectivity index (χ2n) is 24.6. The summed E-state index contributed by atoms with van der Waals surface area (Å²) in [6.45, 7) is 36.0. The predicted molar refractivity (Wildman–Crippen MR) is 479 cm³/mol. The molecule has 4 N–H and O–H groups in total. The Balaban J connectivity index is -0.00000124. The van der Waals surface area contributed by atoms with E-state index in [1.165, 1.54) is 44.5 Å². The SMILES string of the molecule is CC.CC.CC.CC.CC.CC.CC.CC.CC.NO.O=C1C=CC(c2ccccc2)CC1.O=C1CCC(c2ccccc2)C(c2ccccc2)C1.O=C1CCC(c2ccccc2)C(c2ccccc2)CC1.O=C1CCC(c2ccccc2)CC1.ON=C1CCC(c2ccccc2)C(c2ccccc2)C1.[Li+].[c-]1ccccc1. The van der Waals surface area contributed by atoms with Crippen molar-refractivity contribution in [2.45, 2.75) is 275 Å². The minimum absolute atomic E-state index is 0. The molecule has 5 aliphatic carbocycles. The molecule has 0 amide bonds. The van der Waals surface area contributed by atoms with Crippen molar-refractivity contribution in [2.75, 3.05) is 0 Å². The first-order chi connectivity index (χ1) is 54.8. The summed E-state index contributed by atoms with van der Waals surface area (Å²) in [4.78, 5) is 45.7. The minimum Gasteiger partial charge on any atom is -0.411 e. The van der Waals surface area contributed by atoms with Crippen LogP contribution in [0.5, 0.6) is 0 Å². The Hall–Kier alpha value is -8.61. The van der Waals surface area contributed by atoms with E-state index in [9.17, 15) is 19.2 Å². The number of oxime groups is 1. The van der Waals surface area contributed by atoms with Gasteiger partial charge in [-0.05, 0) is 150 Å². The summed E-state index contributed by atoms with van der Waals surface area (Å²) in [7, 11) is 0. The maximum Gasteiger partial charge on any atom is 1.00 e. The number of Topliss-reactive ketones (excluding diaryl/α,β-unsaturated/α-hetero) is 3. The molecule has 4 fully saturated rings. The van der Waals surface area contributed by atoms with Crippen LogP contribution in [0.3, 0.4) is 0 Å². The number of carbonyl (C=O) groups is 4. The van der Waals surface area contributed by atoms with Gasteiger partial charge < -0.3 is 10.4 Å². The van der Waals surface area contributed by atoms with E-state index in [4.69, 9.17) is 10.4 Å². The van der Waals surface area contributed by atoms with Crippen LogP contribution in [-0.4, -0.2) is 39.3 Å². The van der Waals surface area contributed by atoms with E-state index in [1.807, 2.05) is 197 Å². The van der Waals surface area contributed by atoms with Gasteiger partial charge in [-0.2, -0.15) is 36.4 Å². The Morgan fingerprint density at radius 1 is 0.286 bits per heavy atom. The molecule has 604 valence electrons. The molecule has 0 aliphatic heterocycles. The zero-order valence-corrected chi connectivity index (χ0v) is 72.6. The van der Waals surface area contributed by atoms with Gasteiger partial charge in [0.1, 0.15) is 17.3 Å². The van der Waals surface area contributed by atoms with E-state index in [1.54, 1.807) is 6.08 Å². The third-order valence-electron chi connectivity index (χ3n) is 18.7. The topological polar surface area (TPSA) is 147 Å². The Kier molecular flexibility index (Phi) is 70.9. The van der Waals surface area contributed by atoms with Crippen LogP contribution < -0.4 is 24.8 Å². The molecule has 9 aromatic rings. The summed E-state index contributed by atoms with van der Waals surface area (Å²) < 4.78 is 0. The Labute approximate surface area is 694 Å². The number of carbonyl (C=O) groups excluding carboxylic acids is 4. The summed E-state index contributed by atoms with van der Waals surface area (Å²) >= 11 is 0. The van der Waals surface area contributed by atoms with Crippen LogP contribution in [-0.2, 0) is 19.2 Å². The molecule has 8 nitrogen and oxygen atoms in total. The summed E-state index contributed by atoms with van der Waals surface area (Å²) in [5.74, 6) is 8.73. The van der Waals surface area contributed by atoms with Crippen LogP contribution in [0.4, 0.5) is 0 Å². The molecule has 0 heterocycles. The van der Waals surface area contributed by atoms with Crippen molar-refractivity contribution in [1.82, 2.24) is 0 Å². The van der Waals surface area contributed by atoms with Crippen molar-refractivity contribution >= 4 is 28.8 Å². The van der Waals surface area contributed by atoms with Crippen molar-refractivity contribution < 1.29 is 48.5 Å². The Morgan fingerprint density at radius 3 is 0.812 bits per heavy atom. The third kappa shape index (κ3) is 42.3. The van der Waals surface area contributed by atoms with Crippen LogP contribution in [0.2, 0.25) is 0 Å². The van der Waals surface area contributed by atoms with E-state index in [0.29, 0.717) is 77.5 Å². The van der Waals surface area contributed by atoms with Gasteiger partial charge in [-0.15, -0.1) is 0 Å². The fourth-order valence-electron chi connectivity index (χ4n) is 13.8. The molecule has 0 spiro atoms. The second kappa shape index (κ2) is 73.8. The zero-order valence-electron chi connectivity index (χ0n) is 72.6. The molecule has 9 aromatic carbocycles. The van der Waals surface area contributed by atoms with Crippen LogP contribution in [0, 0.1) is 6.07 Å². The molecule has 4 saturated carbocycles. The van der Waals surface area contributed by atoms with E-state index in [-0.39, 0.29) is 24.6 Å². The number of hydrogen-bond donors (Lipinski definition) is 3. The molecule has 0 aromatic heterocycles. The van der Waals surface area contributed by atoms with Gasteiger partial charge in [-0.3, -0.25) is 19.2 Å².